The first kappa shape index (κ1) is 24.8. The van der Waals surface area contributed by atoms with Gasteiger partial charge in [-0.2, -0.15) is 4.31 Å². The Morgan fingerprint density at radius 1 is 1.12 bits per heavy atom. The van der Waals surface area contributed by atoms with E-state index in [1.807, 2.05) is 45.0 Å². The first-order chi connectivity index (χ1) is 16.2. The quantitative estimate of drug-likeness (QED) is 0.594. The molecule has 1 saturated heterocycles. The van der Waals surface area contributed by atoms with Gasteiger partial charge >= 0.3 is 0 Å². The third-order valence-corrected chi connectivity index (χ3v) is 8.16. The van der Waals surface area contributed by atoms with E-state index in [2.05, 4.69) is 0 Å². The fourth-order valence-electron chi connectivity index (χ4n) is 4.24. The number of para-hydroxylation sites is 2. The monoisotopic (exact) mass is 508 g/mol. The summed E-state index contributed by atoms with van der Waals surface area (Å²) in [5, 5.41) is 0.0759. The smallest absolute Gasteiger partial charge is 0.254 e. The molecule has 4 rings (SSSR count). The predicted octanol–water partition coefficient (Wildman–Crippen LogP) is 3.44. The zero-order valence-corrected chi connectivity index (χ0v) is 21.0. The highest BCUT2D eigenvalue weighted by atomic mass is 35.5. The number of benzene rings is 2. The highest BCUT2D eigenvalue weighted by Crippen LogP contribution is 2.32. The van der Waals surface area contributed by atoms with Gasteiger partial charge in [0.1, 0.15) is 11.5 Å². The van der Waals surface area contributed by atoms with E-state index in [1.165, 1.54) is 16.4 Å². The highest BCUT2D eigenvalue weighted by Gasteiger charge is 2.34. The van der Waals surface area contributed by atoms with Crippen LogP contribution in [0.25, 0.3) is 0 Å². The summed E-state index contributed by atoms with van der Waals surface area (Å²) in [5.41, 5.74) is 0.247. The van der Waals surface area contributed by atoms with Crippen LogP contribution in [-0.4, -0.2) is 74.6 Å². The topological polar surface area (TPSA) is 85.4 Å². The Balaban J connectivity index is 1.53. The Bertz CT molecular complexity index is 1150. The van der Waals surface area contributed by atoms with Gasteiger partial charge in [0.15, 0.2) is 17.6 Å². The van der Waals surface area contributed by atoms with Crippen molar-refractivity contribution in [3.8, 4) is 11.5 Å². The fourth-order valence-corrected chi connectivity index (χ4v) is 6.33. The lowest BCUT2D eigenvalue weighted by atomic mass is 10.2. The van der Waals surface area contributed by atoms with Gasteiger partial charge in [-0.1, -0.05) is 23.7 Å². The van der Waals surface area contributed by atoms with E-state index in [0.29, 0.717) is 31.2 Å². The Morgan fingerprint density at radius 2 is 1.79 bits per heavy atom. The van der Waals surface area contributed by atoms with Crippen LogP contribution < -0.4 is 9.47 Å². The van der Waals surface area contributed by atoms with Gasteiger partial charge in [-0.15, -0.1) is 0 Å². The van der Waals surface area contributed by atoms with Crippen LogP contribution in [0.5, 0.6) is 11.5 Å². The minimum Gasteiger partial charge on any atom is -0.486 e. The molecule has 34 heavy (non-hydrogen) atoms. The van der Waals surface area contributed by atoms with Crippen molar-refractivity contribution in [1.29, 1.82) is 0 Å². The molecule has 2 heterocycles. The lowest BCUT2D eigenvalue weighted by Gasteiger charge is -2.34. The number of likely N-dealkylation sites (N-methyl/N-ethyl adjacent to an activating group) is 1. The number of amides is 1. The third kappa shape index (κ3) is 5.17. The van der Waals surface area contributed by atoms with Crippen LogP contribution in [0.2, 0.25) is 5.02 Å². The average molecular weight is 509 g/mol. The van der Waals surface area contributed by atoms with Crippen LogP contribution in [0.4, 0.5) is 0 Å². The van der Waals surface area contributed by atoms with Crippen LogP contribution in [0.15, 0.2) is 47.4 Å². The normalized spacial score (nSPS) is 22.9. The molecular formula is C24H29ClN2O6S. The molecule has 8 nitrogen and oxygen atoms in total. The molecular weight excluding hydrogens is 480 g/mol. The van der Waals surface area contributed by atoms with Gasteiger partial charge in [0.25, 0.3) is 5.91 Å². The molecule has 1 amide bonds. The Kier molecular flexibility index (Phi) is 7.37. The van der Waals surface area contributed by atoms with Gasteiger partial charge in [0.2, 0.25) is 10.0 Å². The fraction of sp³-hybridized carbons (Fsp3) is 0.458. The van der Waals surface area contributed by atoms with Crippen LogP contribution >= 0.6 is 11.6 Å². The number of sulfonamides is 1. The number of nitrogens with zero attached hydrogens (tertiary/aromatic N) is 2. The molecule has 10 heteroatoms. The third-order valence-electron chi connectivity index (χ3n) is 5.84. The number of morpholine rings is 1. The number of hydrogen-bond acceptors (Lipinski definition) is 6. The summed E-state index contributed by atoms with van der Waals surface area (Å²) in [7, 11) is -3.90. The van der Waals surface area contributed by atoms with Crippen molar-refractivity contribution in [2.75, 3.05) is 32.8 Å². The van der Waals surface area contributed by atoms with Crippen molar-refractivity contribution < 1.29 is 27.4 Å². The van der Waals surface area contributed by atoms with E-state index in [4.69, 9.17) is 25.8 Å². The van der Waals surface area contributed by atoms with E-state index < -0.39 is 10.0 Å². The van der Waals surface area contributed by atoms with Crippen molar-refractivity contribution in [2.45, 2.75) is 44.0 Å². The molecule has 0 unspecified atom stereocenters. The molecule has 3 atom stereocenters. The largest absolute Gasteiger partial charge is 0.486 e. The maximum Gasteiger partial charge on any atom is 0.254 e. The molecule has 184 valence electrons. The molecule has 0 aliphatic carbocycles. The van der Waals surface area contributed by atoms with E-state index >= 15 is 0 Å². The molecule has 2 aromatic rings. The SMILES string of the molecule is CCN(C[C@H]1COc2ccccc2O1)C(=O)c1ccc(Cl)c(S(=O)(=O)N2C[C@@H](C)O[C@@H](C)C2)c1. The molecule has 0 bridgehead atoms. The first-order valence-corrected chi connectivity index (χ1v) is 13.1. The van der Waals surface area contributed by atoms with Gasteiger partial charge in [0.05, 0.1) is 23.8 Å². The second-order valence-electron chi connectivity index (χ2n) is 8.57. The predicted molar refractivity (Wildman–Crippen MR) is 128 cm³/mol. The Hall–Kier alpha value is -2.33. The van der Waals surface area contributed by atoms with Crippen LogP contribution in [-0.2, 0) is 14.8 Å². The summed E-state index contributed by atoms with van der Waals surface area (Å²) in [6.45, 7) is 7.00. The maximum atomic E-state index is 13.4. The Labute approximate surface area is 205 Å². The van der Waals surface area contributed by atoms with E-state index in [0.717, 1.165) is 0 Å². The average Bonchev–Trinajstić information content (AvgIpc) is 2.81. The van der Waals surface area contributed by atoms with Crippen LogP contribution in [0.3, 0.4) is 0 Å². The molecule has 0 aromatic heterocycles. The molecule has 2 aliphatic heterocycles. The Morgan fingerprint density at radius 3 is 2.47 bits per heavy atom. The van der Waals surface area contributed by atoms with Gasteiger partial charge < -0.3 is 19.1 Å². The molecule has 0 radical (unpaired) electrons. The van der Waals surface area contributed by atoms with Crippen molar-refractivity contribution in [3.05, 3.63) is 53.1 Å². The van der Waals surface area contributed by atoms with Gasteiger partial charge in [-0.3, -0.25) is 4.79 Å². The minimum absolute atomic E-state index is 0.0759. The number of carbonyl (C=O) groups is 1. The number of carbonyl (C=O) groups excluding carboxylic acids is 1. The van der Waals surface area contributed by atoms with Gasteiger partial charge in [-0.05, 0) is 51.1 Å². The maximum absolute atomic E-state index is 13.4. The van der Waals surface area contributed by atoms with Gasteiger partial charge in [-0.25, -0.2) is 8.42 Å². The van der Waals surface area contributed by atoms with Crippen LogP contribution in [0.1, 0.15) is 31.1 Å². The number of rotatable bonds is 6. The molecule has 0 N–H and O–H groups in total. The van der Waals surface area contributed by atoms with Crippen molar-refractivity contribution >= 4 is 27.5 Å². The number of ether oxygens (including phenoxy) is 3. The molecule has 2 aromatic carbocycles. The zero-order valence-electron chi connectivity index (χ0n) is 19.4. The second kappa shape index (κ2) is 10.1. The van der Waals surface area contributed by atoms with Crippen molar-refractivity contribution in [2.24, 2.45) is 0 Å². The van der Waals surface area contributed by atoms with Crippen molar-refractivity contribution in [1.82, 2.24) is 9.21 Å². The molecule has 0 spiro atoms. The van der Waals surface area contributed by atoms with Crippen LogP contribution in [0, 0.1) is 0 Å². The summed E-state index contributed by atoms with van der Waals surface area (Å²) in [6, 6.07) is 11.8. The molecule has 2 aliphatic rings. The van der Waals surface area contributed by atoms with Gasteiger partial charge in [0, 0.05) is 25.2 Å². The van der Waals surface area contributed by atoms with E-state index in [9.17, 15) is 13.2 Å². The standard InChI is InChI=1S/C24H29ClN2O6S/c1-4-26(14-19-15-31-21-7-5-6-8-22(21)33-19)24(28)18-9-10-20(25)23(11-18)34(29,30)27-12-16(2)32-17(3)13-27/h5-11,16-17,19H,4,12-15H2,1-3H3/t16-,17+,19-/m0/s1. The minimum atomic E-state index is -3.90. The van der Waals surface area contributed by atoms with E-state index in [-0.39, 0.29) is 52.8 Å². The first-order valence-electron chi connectivity index (χ1n) is 11.3. The number of hydrogen-bond donors (Lipinski definition) is 0. The lowest BCUT2D eigenvalue weighted by Crippen LogP contribution is -2.48. The summed E-state index contributed by atoms with van der Waals surface area (Å²) < 4.78 is 45.5. The summed E-state index contributed by atoms with van der Waals surface area (Å²) >= 11 is 6.30. The van der Waals surface area contributed by atoms with E-state index in [1.54, 1.807) is 11.0 Å². The highest BCUT2D eigenvalue weighted by molar-refractivity contribution is 7.89. The molecule has 1 fully saturated rings. The summed E-state index contributed by atoms with van der Waals surface area (Å²) in [4.78, 5) is 14.9. The summed E-state index contributed by atoms with van der Waals surface area (Å²) in [6.07, 6.45) is -0.813. The zero-order chi connectivity index (χ0) is 24.5. The second-order valence-corrected chi connectivity index (χ2v) is 10.9. The number of fused-ring (bicyclic) bond motifs is 1. The molecule has 0 saturated carbocycles. The van der Waals surface area contributed by atoms with Crippen molar-refractivity contribution in [3.63, 3.8) is 0 Å². The number of halogens is 1. The summed E-state index contributed by atoms with van der Waals surface area (Å²) in [5.74, 6) is 1.00. The lowest BCUT2D eigenvalue weighted by molar-refractivity contribution is -0.0440.